The van der Waals surface area contributed by atoms with Gasteiger partial charge in [-0.15, -0.1) is 0 Å². The summed E-state index contributed by atoms with van der Waals surface area (Å²) in [7, 11) is 0. The molecule has 0 saturated carbocycles. The summed E-state index contributed by atoms with van der Waals surface area (Å²) in [6, 6.07) is 71.6. The summed E-state index contributed by atoms with van der Waals surface area (Å²) < 4.78 is 2.41. The van der Waals surface area contributed by atoms with Gasteiger partial charge in [0.1, 0.15) is 0 Å². The summed E-state index contributed by atoms with van der Waals surface area (Å²) in [5.74, 6) is 0.701. The van der Waals surface area contributed by atoms with Gasteiger partial charge in [0, 0.05) is 32.8 Å². The van der Waals surface area contributed by atoms with Crippen molar-refractivity contribution >= 4 is 54.1 Å². The van der Waals surface area contributed by atoms with Crippen LogP contribution >= 0.6 is 0 Å². The molecule has 3 heteroatoms. The Morgan fingerprint density at radius 3 is 1.35 bits per heavy atom. The third-order valence-electron chi connectivity index (χ3n) is 11.0. The van der Waals surface area contributed by atoms with Crippen molar-refractivity contribution < 1.29 is 0 Å². The van der Waals surface area contributed by atoms with Crippen molar-refractivity contribution in [2.24, 2.45) is 0 Å². The summed E-state index contributed by atoms with van der Waals surface area (Å²) in [4.78, 5) is 10.4. The predicted octanol–water partition coefficient (Wildman–Crippen LogP) is 13.7. The number of hydrogen-bond acceptors (Lipinski definition) is 2. The molecule has 0 amide bonds. The zero-order valence-electron chi connectivity index (χ0n) is 29.9. The molecule has 55 heavy (non-hydrogen) atoms. The Morgan fingerprint density at radius 1 is 0.309 bits per heavy atom. The molecular formula is C52H33N3. The number of hydrogen-bond donors (Lipinski definition) is 0. The van der Waals surface area contributed by atoms with Gasteiger partial charge in [-0.2, -0.15) is 0 Å². The van der Waals surface area contributed by atoms with E-state index >= 15 is 0 Å². The smallest absolute Gasteiger partial charge is 0.160 e. The predicted molar refractivity (Wildman–Crippen MR) is 231 cm³/mol. The summed E-state index contributed by atoms with van der Waals surface area (Å²) >= 11 is 0. The van der Waals surface area contributed by atoms with Gasteiger partial charge in [0.05, 0.1) is 28.1 Å². The van der Waals surface area contributed by atoms with Crippen molar-refractivity contribution in [1.82, 2.24) is 14.5 Å². The molecule has 11 aromatic rings. The zero-order valence-corrected chi connectivity index (χ0v) is 29.9. The van der Waals surface area contributed by atoms with Gasteiger partial charge < -0.3 is 4.57 Å². The van der Waals surface area contributed by atoms with Crippen LogP contribution in [0.1, 0.15) is 0 Å². The van der Waals surface area contributed by atoms with E-state index in [4.69, 9.17) is 9.97 Å². The van der Waals surface area contributed by atoms with Gasteiger partial charge in [-0.05, 0) is 74.5 Å². The highest BCUT2D eigenvalue weighted by molar-refractivity contribution is 6.11. The Morgan fingerprint density at radius 2 is 0.764 bits per heavy atom. The van der Waals surface area contributed by atoms with Crippen LogP contribution < -0.4 is 0 Å². The van der Waals surface area contributed by atoms with Gasteiger partial charge in [0.15, 0.2) is 5.82 Å². The van der Waals surface area contributed by atoms with Crippen LogP contribution in [0.3, 0.4) is 0 Å². The molecule has 0 aliphatic carbocycles. The van der Waals surface area contributed by atoms with E-state index in [1.54, 1.807) is 0 Å². The third kappa shape index (κ3) is 5.28. The fraction of sp³-hybridized carbons (Fsp3) is 0. The summed E-state index contributed by atoms with van der Waals surface area (Å²) in [5, 5.41) is 9.74. The van der Waals surface area contributed by atoms with E-state index in [1.165, 1.54) is 65.4 Å². The Balaban J connectivity index is 1.03. The molecule has 0 radical (unpaired) electrons. The topological polar surface area (TPSA) is 30.7 Å². The molecule has 0 fully saturated rings. The average Bonchev–Trinajstić information content (AvgIpc) is 3.60. The molecule has 9 aromatic carbocycles. The SMILES string of the molecule is c1ccc2cc(-c3cc(-c4ccc5ccccc5c4)nc(-c4ccc(-c5ccc(-n6c7ccccc7c7ccccc76)c6ccccc56)cc4)n3)ccc2c1. The molecule has 0 aliphatic rings. The highest BCUT2D eigenvalue weighted by atomic mass is 15.0. The monoisotopic (exact) mass is 699 g/mol. The lowest BCUT2D eigenvalue weighted by Gasteiger charge is -2.15. The van der Waals surface area contributed by atoms with Crippen LogP contribution in [-0.4, -0.2) is 14.5 Å². The number of benzene rings is 9. The first kappa shape index (κ1) is 31.2. The Bertz CT molecular complexity index is 3110. The van der Waals surface area contributed by atoms with Crippen molar-refractivity contribution in [3.8, 4) is 50.7 Å². The summed E-state index contributed by atoms with van der Waals surface area (Å²) in [6.45, 7) is 0. The number of rotatable bonds is 5. The van der Waals surface area contributed by atoms with Gasteiger partial charge in [0.25, 0.3) is 0 Å². The van der Waals surface area contributed by atoms with Crippen molar-refractivity contribution in [1.29, 1.82) is 0 Å². The lowest BCUT2D eigenvalue weighted by atomic mass is 9.96. The van der Waals surface area contributed by atoms with Gasteiger partial charge in [-0.1, -0.05) is 164 Å². The lowest BCUT2D eigenvalue weighted by molar-refractivity contribution is 1.18. The van der Waals surface area contributed by atoms with Crippen LogP contribution in [-0.2, 0) is 0 Å². The number of para-hydroxylation sites is 2. The molecular weight excluding hydrogens is 667 g/mol. The van der Waals surface area contributed by atoms with Gasteiger partial charge in [0.2, 0.25) is 0 Å². The van der Waals surface area contributed by atoms with E-state index in [0.29, 0.717) is 5.82 Å². The molecule has 0 atom stereocenters. The molecule has 2 aromatic heterocycles. The summed E-state index contributed by atoms with van der Waals surface area (Å²) in [6.07, 6.45) is 0. The minimum Gasteiger partial charge on any atom is -0.309 e. The first-order valence-corrected chi connectivity index (χ1v) is 18.7. The number of aromatic nitrogens is 3. The second-order valence-corrected chi connectivity index (χ2v) is 14.2. The Kier molecular flexibility index (Phi) is 7.17. The lowest BCUT2D eigenvalue weighted by Crippen LogP contribution is -1.97. The molecule has 0 spiro atoms. The van der Waals surface area contributed by atoms with Crippen LogP contribution in [0.4, 0.5) is 0 Å². The normalized spacial score (nSPS) is 11.6. The molecule has 3 nitrogen and oxygen atoms in total. The minimum absolute atomic E-state index is 0.701. The van der Waals surface area contributed by atoms with E-state index < -0.39 is 0 Å². The maximum Gasteiger partial charge on any atom is 0.160 e. The fourth-order valence-electron chi connectivity index (χ4n) is 8.28. The Labute approximate surface area is 318 Å². The third-order valence-corrected chi connectivity index (χ3v) is 11.0. The molecule has 11 rings (SSSR count). The van der Waals surface area contributed by atoms with Crippen molar-refractivity contribution in [2.45, 2.75) is 0 Å². The second-order valence-electron chi connectivity index (χ2n) is 14.2. The molecule has 0 N–H and O–H groups in total. The van der Waals surface area contributed by atoms with Gasteiger partial charge >= 0.3 is 0 Å². The van der Waals surface area contributed by atoms with Crippen LogP contribution in [0.2, 0.25) is 0 Å². The van der Waals surface area contributed by atoms with Crippen molar-refractivity contribution in [2.75, 3.05) is 0 Å². The van der Waals surface area contributed by atoms with E-state index in [9.17, 15) is 0 Å². The quantitative estimate of drug-likeness (QED) is 0.179. The summed E-state index contributed by atoms with van der Waals surface area (Å²) in [5.41, 5.74) is 10.8. The molecule has 256 valence electrons. The maximum atomic E-state index is 5.20. The molecule has 0 unspecified atom stereocenters. The molecule has 0 bridgehead atoms. The minimum atomic E-state index is 0.701. The highest BCUT2D eigenvalue weighted by Crippen LogP contribution is 2.39. The van der Waals surface area contributed by atoms with E-state index in [2.05, 4.69) is 205 Å². The Hall–Kier alpha value is -7.36. The van der Waals surface area contributed by atoms with Crippen LogP contribution in [0.5, 0.6) is 0 Å². The van der Waals surface area contributed by atoms with Crippen molar-refractivity contribution in [3.05, 3.63) is 200 Å². The molecule has 2 heterocycles. The first-order chi connectivity index (χ1) is 27.2. The van der Waals surface area contributed by atoms with Crippen LogP contribution in [0.25, 0.3) is 105 Å². The van der Waals surface area contributed by atoms with Crippen LogP contribution in [0.15, 0.2) is 200 Å². The van der Waals surface area contributed by atoms with Gasteiger partial charge in [-0.25, -0.2) is 9.97 Å². The highest BCUT2D eigenvalue weighted by Gasteiger charge is 2.17. The second kappa shape index (κ2) is 12.6. The number of fused-ring (bicyclic) bond motifs is 6. The first-order valence-electron chi connectivity index (χ1n) is 18.7. The number of nitrogens with zero attached hydrogens (tertiary/aromatic N) is 3. The molecule has 0 aliphatic heterocycles. The largest absolute Gasteiger partial charge is 0.309 e. The standard InChI is InChI=1S/C52H33N3/c1-3-13-38-31-40(27-21-34(38)11-1)47-33-48(41-28-22-35-12-2-4-14-39(35)32-41)54-52(53-47)37-25-23-36(24-26-37)42-29-30-51(44-16-6-5-15-43(42)44)55-49-19-9-7-17-45(49)46-18-8-10-20-50(46)55/h1-33H. The maximum absolute atomic E-state index is 5.20. The average molecular weight is 700 g/mol. The van der Waals surface area contributed by atoms with E-state index in [-0.39, 0.29) is 0 Å². The zero-order chi connectivity index (χ0) is 36.3. The molecule has 0 saturated heterocycles. The van der Waals surface area contributed by atoms with E-state index in [0.717, 1.165) is 33.6 Å². The van der Waals surface area contributed by atoms with E-state index in [1.807, 2.05) is 0 Å². The van der Waals surface area contributed by atoms with Crippen molar-refractivity contribution in [3.63, 3.8) is 0 Å². The van der Waals surface area contributed by atoms with Gasteiger partial charge in [-0.3, -0.25) is 0 Å². The fourth-order valence-corrected chi connectivity index (χ4v) is 8.28. The van der Waals surface area contributed by atoms with Crippen LogP contribution in [0, 0.1) is 0 Å².